The van der Waals surface area contributed by atoms with Crippen molar-refractivity contribution in [1.82, 2.24) is 10.2 Å². The van der Waals surface area contributed by atoms with Gasteiger partial charge in [-0.25, -0.2) is 0 Å². The lowest BCUT2D eigenvalue weighted by atomic mass is 10.2. The average molecular weight is 216 g/mol. The molecule has 84 valence electrons. The highest BCUT2D eigenvalue weighted by Gasteiger charge is 2.17. The Morgan fingerprint density at radius 1 is 1.50 bits per heavy atom. The van der Waals surface area contributed by atoms with E-state index in [9.17, 15) is 0 Å². The fourth-order valence-electron chi connectivity index (χ4n) is 1.87. The highest BCUT2D eigenvalue weighted by Crippen LogP contribution is 2.10. The molecule has 1 aliphatic rings. The zero-order chi connectivity index (χ0) is 10.4. The molecule has 0 aliphatic carbocycles. The van der Waals surface area contributed by atoms with Gasteiger partial charge in [-0.3, -0.25) is 4.90 Å². The third-order valence-electron chi connectivity index (χ3n) is 2.69. The topological polar surface area (TPSA) is 15.3 Å². The molecule has 1 unspecified atom stereocenters. The van der Waals surface area contributed by atoms with Gasteiger partial charge in [-0.1, -0.05) is 6.92 Å². The molecule has 0 saturated carbocycles. The fraction of sp³-hybridized carbons (Fsp3) is 1.00. The Bertz CT molecular complexity index is 144. The first-order valence-corrected chi connectivity index (χ1v) is 6.94. The minimum atomic E-state index is 0.684. The zero-order valence-electron chi connectivity index (χ0n) is 9.75. The van der Waals surface area contributed by atoms with Crippen LogP contribution in [0.1, 0.15) is 27.2 Å². The first kappa shape index (κ1) is 12.3. The van der Waals surface area contributed by atoms with Crippen molar-refractivity contribution in [2.75, 3.05) is 31.1 Å². The Kier molecular flexibility index (Phi) is 5.90. The first-order chi connectivity index (χ1) is 6.74. The van der Waals surface area contributed by atoms with Gasteiger partial charge in [-0.05, 0) is 26.8 Å². The molecule has 0 spiro atoms. The summed E-state index contributed by atoms with van der Waals surface area (Å²) in [4.78, 5) is 2.59. The van der Waals surface area contributed by atoms with Crippen LogP contribution in [0, 0.1) is 0 Å². The predicted molar refractivity (Wildman–Crippen MR) is 66.1 cm³/mol. The van der Waals surface area contributed by atoms with E-state index in [1.54, 1.807) is 0 Å². The van der Waals surface area contributed by atoms with Crippen molar-refractivity contribution in [3.63, 3.8) is 0 Å². The summed E-state index contributed by atoms with van der Waals surface area (Å²) < 4.78 is 0. The van der Waals surface area contributed by atoms with Crippen LogP contribution < -0.4 is 5.32 Å². The van der Waals surface area contributed by atoms with E-state index in [-0.39, 0.29) is 0 Å². The van der Waals surface area contributed by atoms with Crippen LogP contribution in [0.2, 0.25) is 0 Å². The monoisotopic (exact) mass is 216 g/mol. The molecular weight excluding hydrogens is 192 g/mol. The SMILES string of the molecule is CCCN(CC1CSCCN1)C(C)C. The molecule has 1 heterocycles. The molecule has 14 heavy (non-hydrogen) atoms. The Labute approximate surface area is 92.8 Å². The molecular formula is C11H24N2S. The standard InChI is InChI=1S/C11H24N2S/c1-4-6-13(10(2)3)8-11-9-14-7-5-12-11/h10-12H,4-9H2,1-3H3. The lowest BCUT2D eigenvalue weighted by Crippen LogP contribution is -2.48. The summed E-state index contributed by atoms with van der Waals surface area (Å²) in [5.74, 6) is 2.57. The highest BCUT2D eigenvalue weighted by atomic mass is 32.2. The number of nitrogens with zero attached hydrogens (tertiary/aromatic N) is 1. The van der Waals surface area contributed by atoms with Gasteiger partial charge in [-0.2, -0.15) is 11.8 Å². The van der Waals surface area contributed by atoms with Gasteiger partial charge in [0.05, 0.1) is 0 Å². The van der Waals surface area contributed by atoms with E-state index in [0.717, 1.165) is 0 Å². The quantitative estimate of drug-likeness (QED) is 0.754. The van der Waals surface area contributed by atoms with E-state index in [0.29, 0.717) is 12.1 Å². The molecule has 3 heteroatoms. The van der Waals surface area contributed by atoms with Gasteiger partial charge in [-0.15, -0.1) is 0 Å². The van der Waals surface area contributed by atoms with Gasteiger partial charge >= 0.3 is 0 Å². The van der Waals surface area contributed by atoms with Crippen LogP contribution in [0.4, 0.5) is 0 Å². The normalized spacial score (nSPS) is 23.4. The summed E-state index contributed by atoms with van der Waals surface area (Å²) in [6.45, 7) is 10.5. The Morgan fingerprint density at radius 3 is 2.79 bits per heavy atom. The molecule has 0 radical (unpaired) electrons. The van der Waals surface area contributed by atoms with Crippen molar-refractivity contribution in [3.8, 4) is 0 Å². The van der Waals surface area contributed by atoms with Crippen LogP contribution in [-0.4, -0.2) is 48.1 Å². The first-order valence-electron chi connectivity index (χ1n) is 5.79. The smallest absolute Gasteiger partial charge is 0.0286 e. The summed E-state index contributed by atoms with van der Waals surface area (Å²) in [6.07, 6.45) is 1.26. The van der Waals surface area contributed by atoms with Crippen molar-refractivity contribution in [1.29, 1.82) is 0 Å². The van der Waals surface area contributed by atoms with Gasteiger partial charge in [0.2, 0.25) is 0 Å². The molecule has 0 aromatic rings. The van der Waals surface area contributed by atoms with E-state index in [4.69, 9.17) is 0 Å². The molecule has 0 bridgehead atoms. The predicted octanol–water partition coefficient (Wildman–Crippen LogP) is 1.81. The van der Waals surface area contributed by atoms with E-state index < -0.39 is 0 Å². The molecule has 2 nitrogen and oxygen atoms in total. The van der Waals surface area contributed by atoms with Crippen LogP contribution >= 0.6 is 11.8 Å². The largest absolute Gasteiger partial charge is 0.311 e. The Balaban J connectivity index is 2.29. The van der Waals surface area contributed by atoms with Gasteiger partial charge in [0.25, 0.3) is 0 Å². The molecule has 1 saturated heterocycles. The maximum atomic E-state index is 3.60. The summed E-state index contributed by atoms with van der Waals surface area (Å²) in [5.41, 5.74) is 0. The van der Waals surface area contributed by atoms with E-state index in [1.165, 1.54) is 37.6 Å². The molecule has 0 aromatic heterocycles. The van der Waals surface area contributed by atoms with Crippen molar-refractivity contribution in [3.05, 3.63) is 0 Å². The van der Waals surface area contributed by atoms with Crippen LogP contribution in [0.5, 0.6) is 0 Å². The van der Waals surface area contributed by atoms with Crippen LogP contribution in [0.15, 0.2) is 0 Å². The second kappa shape index (κ2) is 6.70. The molecule has 0 amide bonds. The average Bonchev–Trinajstić information content (AvgIpc) is 2.18. The molecule has 1 N–H and O–H groups in total. The Hall–Kier alpha value is 0.270. The number of thioether (sulfide) groups is 1. The van der Waals surface area contributed by atoms with E-state index >= 15 is 0 Å². The highest BCUT2D eigenvalue weighted by molar-refractivity contribution is 7.99. The second-order valence-corrected chi connectivity index (χ2v) is 5.46. The lowest BCUT2D eigenvalue weighted by molar-refractivity contribution is 0.203. The van der Waals surface area contributed by atoms with Gasteiger partial charge in [0.1, 0.15) is 0 Å². The fourth-order valence-corrected chi connectivity index (χ4v) is 2.80. The summed E-state index contributed by atoms with van der Waals surface area (Å²) in [5, 5.41) is 3.60. The van der Waals surface area contributed by atoms with Crippen LogP contribution in [-0.2, 0) is 0 Å². The second-order valence-electron chi connectivity index (χ2n) is 4.31. The maximum absolute atomic E-state index is 3.60. The maximum Gasteiger partial charge on any atom is 0.0286 e. The zero-order valence-corrected chi connectivity index (χ0v) is 10.6. The van der Waals surface area contributed by atoms with Gasteiger partial charge in [0, 0.05) is 36.7 Å². The van der Waals surface area contributed by atoms with E-state index in [2.05, 4.69) is 42.7 Å². The molecule has 1 aliphatic heterocycles. The Morgan fingerprint density at radius 2 is 2.29 bits per heavy atom. The minimum Gasteiger partial charge on any atom is -0.311 e. The van der Waals surface area contributed by atoms with Crippen molar-refractivity contribution in [2.24, 2.45) is 0 Å². The summed E-state index contributed by atoms with van der Waals surface area (Å²) in [7, 11) is 0. The number of rotatable bonds is 5. The van der Waals surface area contributed by atoms with E-state index in [1.807, 2.05) is 0 Å². The number of hydrogen-bond acceptors (Lipinski definition) is 3. The van der Waals surface area contributed by atoms with Crippen molar-refractivity contribution >= 4 is 11.8 Å². The van der Waals surface area contributed by atoms with Crippen LogP contribution in [0.3, 0.4) is 0 Å². The third kappa shape index (κ3) is 4.20. The summed E-state index contributed by atoms with van der Waals surface area (Å²) >= 11 is 2.09. The molecule has 1 rings (SSSR count). The summed E-state index contributed by atoms with van der Waals surface area (Å²) in [6, 6.07) is 1.39. The molecule has 1 atom stereocenters. The van der Waals surface area contributed by atoms with Gasteiger partial charge < -0.3 is 5.32 Å². The van der Waals surface area contributed by atoms with Gasteiger partial charge in [0.15, 0.2) is 0 Å². The lowest BCUT2D eigenvalue weighted by Gasteiger charge is -2.32. The van der Waals surface area contributed by atoms with Crippen LogP contribution in [0.25, 0.3) is 0 Å². The third-order valence-corrected chi connectivity index (χ3v) is 3.83. The number of hydrogen-bond donors (Lipinski definition) is 1. The van der Waals surface area contributed by atoms with Crippen molar-refractivity contribution < 1.29 is 0 Å². The molecule has 1 fully saturated rings. The molecule has 0 aromatic carbocycles. The van der Waals surface area contributed by atoms with Crippen molar-refractivity contribution in [2.45, 2.75) is 39.3 Å². The minimum absolute atomic E-state index is 0.684. The number of nitrogens with one attached hydrogen (secondary N) is 1.